The molecule has 0 aliphatic carbocycles. The summed E-state index contributed by atoms with van der Waals surface area (Å²) in [6.07, 6.45) is 1.04. The predicted octanol–water partition coefficient (Wildman–Crippen LogP) is 2.14. The number of benzene rings is 1. The van der Waals surface area contributed by atoms with E-state index in [2.05, 4.69) is 31.2 Å². The van der Waals surface area contributed by atoms with E-state index in [0.717, 1.165) is 13.0 Å². The number of methoxy groups -OCH3 is 1. The van der Waals surface area contributed by atoms with Crippen LogP contribution in [0.1, 0.15) is 18.9 Å². The van der Waals surface area contributed by atoms with Gasteiger partial charge in [-0.1, -0.05) is 0 Å². The molecule has 2 nitrogen and oxygen atoms in total. The molecular weight excluding hydrogens is 267 g/mol. The molecule has 0 spiro atoms. The third-order valence-corrected chi connectivity index (χ3v) is 4.57. The molecule has 0 amide bonds. The molecule has 1 unspecified atom stereocenters. The molecule has 0 fully saturated rings. The van der Waals surface area contributed by atoms with Crippen LogP contribution in [0.25, 0.3) is 0 Å². The fourth-order valence-corrected chi connectivity index (χ4v) is 2.93. The number of hydrogen-bond donors (Lipinski definition) is 0. The van der Waals surface area contributed by atoms with E-state index in [1.165, 1.54) is 15.3 Å². The maximum atomic E-state index is 5.44. The summed E-state index contributed by atoms with van der Waals surface area (Å²) in [5, 5.41) is 1.23. The third kappa shape index (κ3) is 5.66. The van der Waals surface area contributed by atoms with Crippen LogP contribution < -0.4 is 4.46 Å². The van der Waals surface area contributed by atoms with Gasteiger partial charge in [-0.05, 0) is 0 Å². The fraction of sp³-hybridized carbons (Fsp3) is 0.538. The monoisotopic (exact) mass is 288 g/mol. The van der Waals surface area contributed by atoms with Gasteiger partial charge in [0.2, 0.25) is 0 Å². The minimum atomic E-state index is -0.0770. The molecule has 0 radical (unpaired) electrons. The zero-order valence-corrected chi connectivity index (χ0v) is 11.9. The molecule has 1 aromatic rings. The quantitative estimate of drug-likeness (QED) is 0.434. The van der Waals surface area contributed by atoms with Crippen molar-refractivity contribution in [3.63, 3.8) is 0 Å². The topological polar surface area (TPSA) is 18.5 Å². The molecule has 0 saturated heterocycles. The van der Waals surface area contributed by atoms with Crippen LogP contribution in [0.15, 0.2) is 24.3 Å². The molecular formula is C13H20O2Se. The van der Waals surface area contributed by atoms with Crippen molar-refractivity contribution >= 4 is 19.4 Å². The van der Waals surface area contributed by atoms with E-state index in [-0.39, 0.29) is 6.29 Å². The summed E-state index contributed by atoms with van der Waals surface area (Å²) in [7, 11) is 1.67. The summed E-state index contributed by atoms with van der Waals surface area (Å²) in [6, 6.07) is 8.82. The van der Waals surface area contributed by atoms with Crippen LogP contribution >= 0.6 is 0 Å². The van der Waals surface area contributed by atoms with Crippen LogP contribution in [0.3, 0.4) is 0 Å². The van der Waals surface area contributed by atoms with Crippen molar-refractivity contribution in [2.75, 3.05) is 13.7 Å². The first-order valence-electron chi connectivity index (χ1n) is 5.56. The molecule has 0 aliphatic heterocycles. The number of aryl methyl sites for hydroxylation is 1. The first-order valence-corrected chi connectivity index (χ1v) is 7.63. The van der Waals surface area contributed by atoms with Crippen molar-refractivity contribution in [3.05, 3.63) is 29.8 Å². The molecule has 1 aromatic carbocycles. The molecule has 0 aromatic heterocycles. The Morgan fingerprint density at radius 1 is 1.25 bits per heavy atom. The molecule has 3 heteroatoms. The first kappa shape index (κ1) is 13.7. The Morgan fingerprint density at radius 3 is 2.56 bits per heavy atom. The average molecular weight is 287 g/mol. The van der Waals surface area contributed by atoms with Gasteiger partial charge in [0.05, 0.1) is 0 Å². The van der Waals surface area contributed by atoms with Gasteiger partial charge in [-0.2, -0.15) is 0 Å². The van der Waals surface area contributed by atoms with Gasteiger partial charge < -0.3 is 0 Å². The van der Waals surface area contributed by atoms with E-state index >= 15 is 0 Å². The van der Waals surface area contributed by atoms with E-state index in [4.69, 9.17) is 9.47 Å². The van der Waals surface area contributed by atoms with Crippen molar-refractivity contribution in [3.8, 4) is 0 Å². The van der Waals surface area contributed by atoms with E-state index in [1.54, 1.807) is 7.11 Å². The van der Waals surface area contributed by atoms with Crippen molar-refractivity contribution in [2.24, 2.45) is 0 Å². The Kier molecular flexibility index (Phi) is 6.74. The second-order valence-electron chi connectivity index (χ2n) is 3.69. The second-order valence-corrected chi connectivity index (χ2v) is 6.14. The molecule has 90 valence electrons. The predicted molar refractivity (Wildman–Crippen MR) is 68.4 cm³/mol. The molecule has 0 heterocycles. The van der Waals surface area contributed by atoms with E-state index in [1.807, 2.05) is 6.92 Å². The molecule has 1 rings (SSSR count). The van der Waals surface area contributed by atoms with Crippen LogP contribution in [0.5, 0.6) is 0 Å². The van der Waals surface area contributed by atoms with Gasteiger partial charge in [0, 0.05) is 0 Å². The van der Waals surface area contributed by atoms with E-state index in [0.29, 0.717) is 15.0 Å². The van der Waals surface area contributed by atoms with Gasteiger partial charge in [-0.25, -0.2) is 0 Å². The third-order valence-electron chi connectivity index (χ3n) is 2.26. The molecule has 1 atom stereocenters. The first-order chi connectivity index (χ1) is 7.72. The van der Waals surface area contributed by atoms with Crippen molar-refractivity contribution < 1.29 is 9.47 Å². The van der Waals surface area contributed by atoms with Gasteiger partial charge in [-0.3, -0.25) is 0 Å². The Labute approximate surface area is 104 Å². The average Bonchev–Trinajstić information content (AvgIpc) is 2.31. The Bertz CT molecular complexity index is 284. The van der Waals surface area contributed by atoms with Crippen LogP contribution in [0.2, 0.25) is 5.32 Å². The van der Waals surface area contributed by atoms with Crippen LogP contribution in [-0.2, 0) is 9.47 Å². The maximum absolute atomic E-state index is 5.44. The van der Waals surface area contributed by atoms with Gasteiger partial charge in [-0.15, -0.1) is 0 Å². The van der Waals surface area contributed by atoms with Crippen molar-refractivity contribution in [2.45, 2.75) is 31.9 Å². The molecule has 0 aliphatic rings. The van der Waals surface area contributed by atoms with Crippen LogP contribution in [0.4, 0.5) is 0 Å². The molecule has 0 bridgehead atoms. The summed E-state index contributed by atoms with van der Waals surface area (Å²) in [6.45, 7) is 4.84. The van der Waals surface area contributed by atoms with E-state index < -0.39 is 0 Å². The number of rotatable bonds is 7. The van der Waals surface area contributed by atoms with E-state index in [9.17, 15) is 0 Å². The van der Waals surface area contributed by atoms with Crippen LogP contribution in [0, 0.1) is 6.92 Å². The Hall–Kier alpha value is -0.341. The van der Waals surface area contributed by atoms with Crippen molar-refractivity contribution in [1.82, 2.24) is 0 Å². The molecule has 0 saturated carbocycles. The number of ether oxygens (including phenoxy) is 2. The summed E-state index contributed by atoms with van der Waals surface area (Å²) >= 11 is 0.577. The van der Waals surface area contributed by atoms with Gasteiger partial charge in [0.25, 0.3) is 0 Å². The van der Waals surface area contributed by atoms with Gasteiger partial charge in [0.15, 0.2) is 0 Å². The van der Waals surface area contributed by atoms with Gasteiger partial charge in [0.1, 0.15) is 0 Å². The zero-order valence-electron chi connectivity index (χ0n) is 10.2. The minimum absolute atomic E-state index is 0.0770. The summed E-state index contributed by atoms with van der Waals surface area (Å²) in [4.78, 5) is 0. The zero-order chi connectivity index (χ0) is 11.8. The molecule has 16 heavy (non-hydrogen) atoms. The second kappa shape index (κ2) is 7.86. The summed E-state index contributed by atoms with van der Waals surface area (Å²) in [5.41, 5.74) is 1.33. The number of hydrogen-bond acceptors (Lipinski definition) is 2. The normalized spacial score (nSPS) is 12.7. The standard InChI is InChI=1S/C13H20O2Se/c1-11-5-7-13(8-6-11)16-10-4-9-15-12(2)14-3/h5-8,12H,4,9-10H2,1-3H3. The van der Waals surface area contributed by atoms with Crippen LogP contribution in [-0.4, -0.2) is 35.0 Å². The Morgan fingerprint density at radius 2 is 1.94 bits per heavy atom. The summed E-state index contributed by atoms with van der Waals surface area (Å²) in [5.74, 6) is 0. The molecule has 0 N–H and O–H groups in total. The van der Waals surface area contributed by atoms with Gasteiger partial charge >= 0.3 is 104 Å². The summed E-state index contributed by atoms with van der Waals surface area (Å²) < 4.78 is 11.9. The fourth-order valence-electron chi connectivity index (χ4n) is 1.20. The Balaban J connectivity index is 2.09. The SMILES string of the molecule is COC(C)OCCC[Se]c1ccc(C)cc1. The van der Waals surface area contributed by atoms with Crippen molar-refractivity contribution in [1.29, 1.82) is 0 Å².